The first-order chi connectivity index (χ1) is 11.4. The maximum atomic E-state index is 11.8. The normalized spacial score (nSPS) is 11.5. The molecule has 1 heterocycles. The summed E-state index contributed by atoms with van der Waals surface area (Å²) in [5.41, 5.74) is 0.861. The quantitative estimate of drug-likeness (QED) is 0.714. The average Bonchev–Trinajstić information content (AvgIpc) is 2.57. The molecule has 0 aliphatic carbocycles. The Labute approximate surface area is 140 Å². The fourth-order valence-electron chi connectivity index (χ4n) is 2.50. The van der Waals surface area contributed by atoms with Crippen molar-refractivity contribution in [2.45, 2.75) is 11.4 Å². The van der Waals surface area contributed by atoms with E-state index in [1.165, 1.54) is 18.4 Å². The van der Waals surface area contributed by atoms with Gasteiger partial charge in [0.2, 0.25) is 0 Å². The molecule has 0 bridgehead atoms. The Bertz CT molecular complexity index is 1020. The highest BCUT2D eigenvalue weighted by molar-refractivity contribution is 7.90. The van der Waals surface area contributed by atoms with Gasteiger partial charge in [0, 0.05) is 23.9 Å². The summed E-state index contributed by atoms with van der Waals surface area (Å²) in [6, 6.07) is 15.3. The van der Waals surface area contributed by atoms with Gasteiger partial charge in [-0.25, -0.2) is 8.42 Å². The summed E-state index contributed by atoms with van der Waals surface area (Å²) in [6.45, 7) is 0.986. The van der Waals surface area contributed by atoms with Gasteiger partial charge in [-0.15, -0.1) is 0 Å². The third kappa shape index (κ3) is 3.49. The molecule has 0 spiro atoms. The van der Waals surface area contributed by atoms with E-state index < -0.39 is 9.84 Å². The number of aromatic nitrogens is 1. The molecular formula is C18H17NO4S. The van der Waals surface area contributed by atoms with Crippen LogP contribution < -0.4 is 10.2 Å². The monoisotopic (exact) mass is 343 g/mol. The summed E-state index contributed by atoms with van der Waals surface area (Å²) in [7, 11) is -3.20. The minimum atomic E-state index is -3.20. The molecule has 3 rings (SSSR count). The third-order valence-electron chi connectivity index (χ3n) is 3.74. The van der Waals surface area contributed by atoms with Gasteiger partial charge in [0.05, 0.1) is 17.0 Å². The van der Waals surface area contributed by atoms with Crippen LogP contribution in [0.1, 0.15) is 0 Å². The lowest BCUT2D eigenvalue weighted by atomic mass is 10.2. The van der Waals surface area contributed by atoms with E-state index in [2.05, 4.69) is 0 Å². The van der Waals surface area contributed by atoms with E-state index in [-0.39, 0.29) is 10.3 Å². The molecule has 0 saturated heterocycles. The molecule has 124 valence electrons. The minimum Gasteiger partial charge on any atom is -0.492 e. The number of rotatable bonds is 5. The fraction of sp³-hybridized carbons (Fsp3) is 0.167. The summed E-state index contributed by atoms with van der Waals surface area (Å²) >= 11 is 0. The van der Waals surface area contributed by atoms with Crippen LogP contribution in [0.4, 0.5) is 0 Å². The van der Waals surface area contributed by atoms with Gasteiger partial charge < -0.3 is 9.30 Å². The van der Waals surface area contributed by atoms with E-state index in [1.807, 2.05) is 22.8 Å². The molecule has 0 fully saturated rings. The number of fused-ring (bicyclic) bond motifs is 1. The second-order valence-electron chi connectivity index (χ2n) is 5.48. The zero-order valence-electron chi connectivity index (χ0n) is 13.2. The lowest BCUT2D eigenvalue weighted by molar-refractivity contribution is 0.300. The van der Waals surface area contributed by atoms with Crippen LogP contribution in [-0.2, 0) is 16.4 Å². The average molecular weight is 343 g/mol. The van der Waals surface area contributed by atoms with Gasteiger partial charge in [-0.2, -0.15) is 0 Å². The number of nitrogens with zero attached hydrogens (tertiary/aromatic N) is 1. The topological polar surface area (TPSA) is 65.4 Å². The molecule has 6 heteroatoms. The molecular weight excluding hydrogens is 326 g/mol. The van der Waals surface area contributed by atoms with Gasteiger partial charge in [0.1, 0.15) is 12.4 Å². The maximum Gasteiger partial charge on any atom is 0.189 e. The Morgan fingerprint density at radius 1 is 1.00 bits per heavy atom. The van der Waals surface area contributed by atoms with Crippen molar-refractivity contribution in [3.8, 4) is 5.75 Å². The zero-order chi connectivity index (χ0) is 17.2. The predicted molar refractivity (Wildman–Crippen MR) is 93.3 cm³/mol. The van der Waals surface area contributed by atoms with Gasteiger partial charge in [-0.1, -0.05) is 12.1 Å². The molecule has 0 saturated carbocycles. The molecule has 0 amide bonds. The SMILES string of the molecule is CS(=O)(=O)c1ccc(OCCn2ccc(=O)c3ccccc32)cc1. The Balaban J connectivity index is 1.71. The first-order valence-electron chi connectivity index (χ1n) is 7.46. The van der Waals surface area contributed by atoms with Crippen molar-refractivity contribution >= 4 is 20.7 Å². The number of hydrogen-bond acceptors (Lipinski definition) is 4. The van der Waals surface area contributed by atoms with Crippen molar-refractivity contribution in [2.75, 3.05) is 12.9 Å². The molecule has 3 aromatic rings. The van der Waals surface area contributed by atoms with Crippen LogP contribution >= 0.6 is 0 Å². The van der Waals surface area contributed by atoms with Gasteiger partial charge in [-0.3, -0.25) is 4.79 Å². The lowest BCUT2D eigenvalue weighted by Gasteiger charge is -2.12. The van der Waals surface area contributed by atoms with Crippen LogP contribution in [0.25, 0.3) is 10.9 Å². The molecule has 0 N–H and O–H groups in total. The van der Waals surface area contributed by atoms with Crippen LogP contribution in [0.3, 0.4) is 0 Å². The highest BCUT2D eigenvalue weighted by atomic mass is 32.2. The minimum absolute atomic E-state index is 0.000804. The second kappa shape index (κ2) is 6.49. The molecule has 5 nitrogen and oxygen atoms in total. The van der Waals surface area contributed by atoms with Crippen molar-refractivity contribution in [3.63, 3.8) is 0 Å². The highest BCUT2D eigenvalue weighted by Crippen LogP contribution is 2.16. The van der Waals surface area contributed by atoms with Crippen LogP contribution in [0.5, 0.6) is 5.75 Å². The van der Waals surface area contributed by atoms with E-state index in [4.69, 9.17) is 4.74 Å². The first kappa shape index (κ1) is 16.3. The number of pyridine rings is 1. The van der Waals surface area contributed by atoms with E-state index in [0.717, 1.165) is 5.52 Å². The summed E-state index contributed by atoms with van der Waals surface area (Å²) in [6.07, 6.45) is 2.92. The van der Waals surface area contributed by atoms with Crippen molar-refractivity contribution in [1.29, 1.82) is 0 Å². The van der Waals surface area contributed by atoms with Crippen LogP contribution in [0.2, 0.25) is 0 Å². The molecule has 2 aromatic carbocycles. The van der Waals surface area contributed by atoms with Crippen LogP contribution in [-0.4, -0.2) is 25.8 Å². The van der Waals surface area contributed by atoms with Gasteiger partial charge in [-0.05, 0) is 36.4 Å². The van der Waals surface area contributed by atoms with Gasteiger partial charge in [0.15, 0.2) is 15.3 Å². The van der Waals surface area contributed by atoms with Gasteiger partial charge >= 0.3 is 0 Å². The molecule has 1 aromatic heterocycles. The van der Waals surface area contributed by atoms with E-state index in [0.29, 0.717) is 24.3 Å². The largest absolute Gasteiger partial charge is 0.492 e. The summed E-state index contributed by atoms with van der Waals surface area (Å²) in [4.78, 5) is 12.1. The van der Waals surface area contributed by atoms with Crippen molar-refractivity contribution in [2.24, 2.45) is 0 Å². The summed E-state index contributed by atoms with van der Waals surface area (Å²) < 4.78 is 30.5. The van der Waals surface area contributed by atoms with E-state index >= 15 is 0 Å². The van der Waals surface area contributed by atoms with Crippen LogP contribution in [0.15, 0.2) is 70.5 Å². The second-order valence-corrected chi connectivity index (χ2v) is 7.50. The standard InChI is InChI=1S/C18H17NO4S/c1-24(21,22)15-8-6-14(7-9-15)23-13-12-19-11-10-18(20)16-4-2-3-5-17(16)19/h2-11H,12-13H2,1H3. The molecule has 0 aliphatic heterocycles. The Morgan fingerprint density at radius 2 is 1.71 bits per heavy atom. The number of ether oxygens (including phenoxy) is 1. The maximum absolute atomic E-state index is 11.8. The highest BCUT2D eigenvalue weighted by Gasteiger charge is 2.06. The lowest BCUT2D eigenvalue weighted by Crippen LogP contribution is -2.12. The zero-order valence-corrected chi connectivity index (χ0v) is 14.0. The third-order valence-corrected chi connectivity index (χ3v) is 4.87. The van der Waals surface area contributed by atoms with E-state index in [1.54, 1.807) is 30.5 Å². The van der Waals surface area contributed by atoms with Crippen molar-refractivity contribution in [1.82, 2.24) is 4.57 Å². The predicted octanol–water partition coefficient (Wildman–Crippen LogP) is 2.48. The van der Waals surface area contributed by atoms with Crippen molar-refractivity contribution < 1.29 is 13.2 Å². The Morgan fingerprint density at radius 3 is 2.42 bits per heavy atom. The number of para-hydroxylation sites is 1. The number of sulfone groups is 1. The molecule has 0 atom stereocenters. The summed E-state index contributed by atoms with van der Waals surface area (Å²) in [5.74, 6) is 0.604. The Hall–Kier alpha value is -2.60. The van der Waals surface area contributed by atoms with Crippen molar-refractivity contribution in [3.05, 3.63) is 71.0 Å². The van der Waals surface area contributed by atoms with Gasteiger partial charge in [0.25, 0.3) is 0 Å². The fourth-order valence-corrected chi connectivity index (χ4v) is 3.13. The molecule has 0 aliphatic rings. The Kier molecular flexibility index (Phi) is 4.40. The summed E-state index contributed by atoms with van der Waals surface area (Å²) in [5, 5.41) is 0.678. The number of benzene rings is 2. The molecule has 24 heavy (non-hydrogen) atoms. The van der Waals surface area contributed by atoms with Crippen LogP contribution in [0, 0.1) is 0 Å². The smallest absolute Gasteiger partial charge is 0.189 e. The number of hydrogen-bond donors (Lipinski definition) is 0. The first-order valence-corrected chi connectivity index (χ1v) is 9.35. The van der Waals surface area contributed by atoms with E-state index in [9.17, 15) is 13.2 Å². The molecule has 0 unspecified atom stereocenters. The molecule has 0 radical (unpaired) electrons.